The number of aromatic nitrogens is 3. The van der Waals surface area contributed by atoms with E-state index in [0.717, 1.165) is 10.9 Å². The van der Waals surface area contributed by atoms with Crippen molar-refractivity contribution in [3.05, 3.63) is 41.6 Å². The third-order valence-electron chi connectivity index (χ3n) is 4.28. The van der Waals surface area contributed by atoms with E-state index in [1.165, 1.54) is 10.9 Å². The SMILES string of the molecule is CCOC(=O)c1cnn(-c2cc(C)c3cccc(OC)c3n2)c1NC(=O)CCBr. The van der Waals surface area contributed by atoms with Gasteiger partial charge in [-0.25, -0.2) is 9.78 Å². The van der Waals surface area contributed by atoms with E-state index < -0.39 is 5.97 Å². The van der Waals surface area contributed by atoms with E-state index in [0.29, 0.717) is 22.4 Å². The molecule has 0 aliphatic carbocycles. The van der Waals surface area contributed by atoms with Gasteiger partial charge in [-0.2, -0.15) is 9.78 Å². The lowest BCUT2D eigenvalue weighted by atomic mass is 10.1. The molecule has 0 aliphatic heterocycles. The Morgan fingerprint density at radius 1 is 1.31 bits per heavy atom. The van der Waals surface area contributed by atoms with E-state index in [-0.39, 0.29) is 30.3 Å². The number of methoxy groups -OCH3 is 1. The smallest absolute Gasteiger partial charge is 0.343 e. The Labute approximate surface area is 176 Å². The number of ether oxygens (including phenoxy) is 2. The molecule has 9 heteroatoms. The summed E-state index contributed by atoms with van der Waals surface area (Å²) in [6.45, 7) is 3.88. The Balaban J connectivity index is 2.17. The van der Waals surface area contributed by atoms with Gasteiger partial charge in [0.15, 0.2) is 11.6 Å². The standard InChI is InChI=1S/C20H21BrN4O4/c1-4-29-20(27)14-11-22-25(19(14)24-17(26)8-9-21)16-10-12(2)13-6-5-7-15(28-3)18(13)23-16/h5-7,10-11H,4,8-9H2,1-3H3,(H,24,26). The summed E-state index contributed by atoms with van der Waals surface area (Å²) in [6.07, 6.45) is 1.61. The largest absolute Gasteiger partial charge is 0.494 e. The number of benzene rings is 1. The molecule has 0 fully saturated rings. The highest BCUT2D eigenvalue weighted by Gasteiger charge is 2.22. The van der Waals surface area contributed by atoms with Gasteiger partial charge in [0.25, 0.3) is 0 Å². The number of nitrogens with one attached hydrogen (secondary N) is 1. The Hall–Kier alpha value is -2.94. The highest BCUT2D eigenvalue weighted by Crippen LogP contribution is 2.29. The maximum absolute atomic E-state index is 12.4. The lowest BCUT2D eigenvalue weighted by molar-refractivity contribution is -0.115. The van der Waals surface area contributed by atoms with Gasteiger partial charge in [-0.15, -0.1) is 0 Å². The van der Waals surface area contributed by atoms with Crippen LogP contribution < -0.4 is 10.1 Å². The summed E-state index contributed by atoms with van der Waals surface area (Å²) in [7, 11) is 1.58. The maximum atomic E-state index is 12.4. The predicted octanol–water partition coefficient (Wildman–Crippen LogP) is 3.64. The minimum absolute atomic E-state index is 0.161. The van der Waals surface area contributed by atoms with E-state index in [2.05, 4.69) is 31.3 Å². The second-order valence-electron chi connectivity index (χ2n) is 6.18. The zero-order chi connectivity index (χ0) is 21.0. The first kappa shape index (κ1) is 20.8. The van der Waals surface area contributed by atoms with Crippen LogP contribution in [0.15, 0.2) is 30.5 Å². The zero-order valence-electron chi connectivity index (χ0n) is 16.4. The number of rotatable bonds is 7. The highest BCUT2D eigenvalue weighted by atomic mass is 79.9. The van der Waals surface area contributed by atoms with Crippen LogP contribution in [-0.4, -0.2) is 45.7 Å². The fraction of sp³-hybridized carbons (Fsp3) is 0.300. The molecule has 29 heavy (non-hydrogen) atoms. The molecule has 1 amide bonds. The number of para-hydroxylation sites is 1. The van der Waals surface area contributed by atoms with Crippen molar-refractivity contribution in [2.45, 2.75) is 20.3 Å². The number of fused-ring (bicyclic) bond motifs is 1. The van der Waals surface area contributed by atoms with Crippen molar-refractivity contribution >= 4 is 44.5 Å². The number of amides is 1. The van der Waals surface area contributed by atoms with Crippen molar-refractivity contribution in [3.63, 3.8) is 0 Å². The van der Waals surface area contributed by atoms with Gasteiger partial charge in [0.05, 0.1) is 19.9 Å². The summed E-state index contributed by atoms with van der Waals surface area (Å²) in [5, 5.41) is 8.48. The summed E-state index contributed by atoms with van der Waals surface area (Å²) >= 11 is 3.24. The van der Waals surface area contributed by atoms with Crippen molar-refractivity contribution in [1.82, 2.24) is 14.8 Å². The van der Waals surface area contributed by atoms with Gasteiger partial charge in [0, 0.05) is 17.1 Å². The molecular formula is C20H21BrN4O4. The van der Waals surface area contributed by atoms with Crippen LogP contribution in [0.2, 0.25) is 0 Å². The average Bonchev–Trinajstić information content (AvgIpc) is 3.11. The quantitative estimate of drug-likeness (QED) is 0.427. The topological polar surface area (TPSA) is 95.3 Å². The third kappa shape index (κ3) is 4.24. The third-order valence-corrected chi connectivity index (χ3v) is 4.67. The first-order valence-corrected chi connectivity index (χ1v) is 10.2. The van der Waals surface area contributed by atoms with Crippen molar-refractivity contribution in [2.24, 2.45) is 0 Å². The fourth-order valence-electron chi connectivity index (χ4n) is 2.93. The lowest BCUT2D eigenvalue weighted by Gasteiger charge is -2.13. The maximum Gasteiger partial charge on any atom is 0.343 e. The van der Waals surface area contributed by atoms with Crippen molar-refractivity contribution < 1.29 is 19.1 Å². The zero-order valence-corrected chi connectivity index (χ0v) is 17.9. The van der Waals surface area contributed by atoms with E-state index in [9.17, 15) is 9.59 Å². The summed E-state index contributed by atoms with van der Waals surface area (Å²) in [6, 6.07) is 7.51. The molecule has 3 aromatic rings. The van der Waals surface area contributed by atoms with Gasteiger partial charge >= 0.3 is 5.97 Å². The number of carbonyl (C=O) groups is 2. The molecule has 0 radical (unpaired) electrons. The minimum Gasteiger partial charge on any atom is -0.494 e. The first-order valence-electron chi connectivity index (χ1n) is 9.05. The predicted molar refractivity (Wildman–Crippen MR) is 113 cm³/mol. The van der Waals surface area contributed by atoms with Crippen LogP contribution in [0, 0.1) is 6.92 Å². The van der Waals surface area contributed by atoms with Crippen LogP contribution in [0.5, 0.6) is 5.75 Å². The van der Waals surface area contributed by atoms with Gasteiger partial charge in [-0.3, -0.25) is 4.79 Å². The number of nitrogens with zero attached hydrogens (tertiary/aromatic N) is 3. The van der Waals surface area contributed by atoms with Crippen molar-refractivity contribution in [3.8, 4) is 11.6 Å². The minimum atomic E-state index is -0.567. The molecule has 0 saturated heterocycles. The Morgan fingerprint density at radius 3 is 2.79 bits per heavy atom. The molecule has 2 aromatic heterocycles. The molecule has 0 unspecified atom stereocenters. The van der Waals surface area contributed by atoms with Crippen LogP contribution >= 0.6 is 15.9 Å². The molecule has 1 N–H and O–H groups in total. The van der Waals surface area contributed by atoms with E-state index in [1.54, 1.807) is 14.0 Å². The molecular weight excluding hydrogens is 440 g/mol. The molecule has 0 saturated carbocycles. The van der Waals surface area contributed by atoms with Crippen LogP contribution in [0.4, 0.5) is 5.82 Å². The molecule has 8 nitrogen and oxygen atoms in total. The van der Waals surface area contributed by atoms with Gasteiger partial charge in [-0.1, -0.05) is 28.1 Å². The van der Waals surface area contributed by atoms with Crippen LogP contribution in [0.25, 0.3) is 16.7 Å². The number of aryl methyl sites for hydroxylation is 1. The summed E-state index contributed by atoms with van der Waals surface area (Å²) in [4.78, 5) is 29.3. The highest BCUT2D eigenvalue weighted by molar-refractivity contribution is 9.09. The monoisotopic (exact) mass is 460 g/mol. The van der Waals surface area contributed by atoms with E-state index >= 15 is 0 Å². The number of anilines is 1. The molecule has 152 valence electrons. The Kier molecular flexibility index (Phi) is 6.48. The second-order valence-corrected chi connectivity index (χ2v) is 6.97. The molecule has 0 atom stereocenters. The first-order chi connectivity index (χ1) is 14.0. The normalized spacial score (nSPS) is 10.8. The van der Waals surface area contributed by atoms with Crippen LogP contribution in [0.3, 0.4) is 0 Å². The number of alkyl halides is 1. The molecule has 3 rings (SSSR count). The number of hydrogen-bond acceptors (Lipinski definition) is 6. The fourth-order valence-corrected chi connectivity index (χ4v) is 3.29. The van der Waals surface area contributed by atoms with Gasteiger partial charge in [0.1, 0.15) is 16.8 Å². The van der Waals surface area contributed by atoms with Gasteiger partial charge in [-0.05, 0) is 31.5 Å². The Bertz CT molecular complexity index is 1060. The summed E-state index contributed by atoms with van der Waals surface area (Å²) in [5.41, 5.74) is 1.78. The second kappa shape index (κ2) is 9.04. The lowest BCUT2D eigenvalue weighted by Crippen LogP contribution is -2.18. The molecule has 1 aromatic carbocycles. The molecule has 0 aliphatic rings. The van der Waals surface area contributed by atoms with E-state index in [1.807, 2.05) is 31.2 Å². The molecule has 2 heterocycles. The number of carbonyl (C=O) groups excluding carboxylic acids is 2. The van der Waals surface area contributed by atoms with Gasteiger partial charge in [0.2, 0.25) is 5.91 Å². The average molecular weight is 461 g/mol. The summed E-state index contributed by atoms with van der Waals surface area (Å²) < 4.78 is 12.0. The van der Waals surface area contributed by atoms with E-state index in [4.69, 9.17) is 9.47 Å². The number of pyridine rings is 1. The molecule has 0 spiro atoms. The van der Waals surface area contributed by atoms with Gasteiger partial charge < -0.3 is 14.8 Å². The number of halogens is 1. The number of hydrogen-bond donors (Lipinski definition) is 1. The number of esters is 1. The van der Waals surface area contributed by atoms with Crippen LogP contribution in [-0.2, 0) is 9.53 Å². The molecule has 0 bridgehead atoms. The van der Waals surface area contributed by atoms with Crippen molar-refractivity contribution in [1.29, 1.82) is 0 Å². The van der Waals surface area contributed by atoms with Crippen LogP contribution in [0.1, 0.15) is 29.3 Å². The summed E-state index contributed by atoms with van der Waals surface area (Å²) in [5.74, 6) is 0.460. The van der Waals surface area contributed by atoms with Crippen molar-refractivity contribution in [2.75, 3.05) is 24.4 Å². The Morgan fingerprint density at radius 2 is 2.10 bits per heavy atom.